The normalized spacial score (nSPS) is 14.0. The molecular weight excluding hydrogens is 448 g/mol. The lowest BCUT2D eigenvalue weighted by Gasteiger charge is -2.46. The molecular formula is C31H42O3Si. The fraction of sp³-hybridized carbons (Fsp3) is 0.419. The van der Waals surface area contributed by atoms with E-state index in [1.165, 1.54) is 15.9 Å². The van der Waals surface area contributed by atoms with Crippen LogP contribution in [0.5, 0.6) is 0 Å². The Kier molecular flexibility index (Phi) is 10.3. The predicted octanol–water partition coefficient (Wildman–Crippen LogP) is 5.95. The summed E-state index contributed by atoms with van der Waals surface area (Å²) in [7, 11) is -2.65. The first-order valence-electron chi connectivity index (χ1n) is 12.9. The molecule has 0 spiro atoms. The summed E-state index contributed by atoms with van der Waals surface area (Å²) in [6.45, 7) is 10.5. The van der Waals surface area contributed by atoms with Gasteiger partial charge in [0.1, 0.15) is 0 Å². The van der Waals surface area contributed by atoms with Gasteiger partial charge in [0, 0.05) is 19.1 Å². The highest BCUT2D eigenvalue weighted by atomic mass is 28.4. The maximum Gasteiger partial charge on any atom is 0.261 e. The summed E-state index contributed by atoms with van der Waals surface area (Å²) in [6, 6.07) is 31.8. The van der Waals surface area contributed by atoms with Gasteiger partial charge in [0.2, 0.25) is 0 Å². The van der Waals surface area contributed by atoms with E-state index in [2.05, 4.69) is 100 Å². The Morgan fingerprint density at radius 1 is 0.771 bits per heavy atom. The summed E-state index contributed by atoms with van der Waals surface area (Å²) < 4.78 is 13.2. The molecule has 0 saturated heterocycles. The second-order valence-corrected chi connectivity index (χ2v) is 14.8. The van der Waals surface area contributed by atoms with Gasteiger partial charge in [-0.1, -0.05) is 119 Å². The second kappa shape index (κ2) is 13.2. The van der Waals surface area contributed by atoms with E-state index in [-0.39, 0.29) is 23.7 Å². The van der Waals surface area contributed by atoms with Crippen LogP contribution in [0.2, 0.25) is 5.04 Å². The number of ether oxygens (including phenoxy) is 1. The average molecular weight is 491 g/mol. The van der Waals surface area contributed by atoms with Crippen LogP contribution in [0, 0.1) is 5.92 Å². The molecule has 4 heteroatoms. The Balaban J connectivity index is 1.77. The van der Waals surface area contributed by atoms with Crippen LogP contribution in [0.1, 0.15) is 52.5 Å². The van der Waals surface area contributed by atoms with Crippen LogP contribution in [0.3, 0.4) is 0 Å². The SMILES string of the molecule is C[C@H](CO)[C@@H](CCCCOCc1ccccc1)O[Si](c1ccccc1)(c1ccccc1)C(C)(C)C. The first-order valence-corrected chi connectivity index (χ1v) is 14.8. The van der Waals surface area contributed by atoms with Crippen molar-refractivity contribution in [3.05, 3.63) is 96.6 Å². The van der Waals surface area contributed by atoms with Gasteiger partial charge in [-0.3, -0.25) is 0 Å². The zero-order chi connectivity index (χ0) is 25.2. The van der Waals surface area contributed by atoms with E-state index in [1.54, 1.807) is 0 Å². The molecule has 0 aliphatic heterocycles. The molecule has 0 aliphatic carbocycles. The molecule has 35 heavy (non-hydrogen) atoms. The van der Waals surface area contributed by atoms with Crippen molar-refractivity contribution in [1.29, 1.82) is 0 Å². The summed E-state index contributed by atoms with van der Waals surface area (Å²) in [4.78, 5) is 0. The molecule has 3 aromatic rings. The summed E-state index contributed by atoms with van der Waals surface area (Å²) in [6.07, 6.45) is 2.86. The number of aliphatic hydroxyl groups excluding tert-OH is 1. The van der Waals surface area contributed by atoms with Crippen LogP contribution >= 0.6 is 0 Å². The smallest absolute Gasteiger partial charge is 0.261 e. The Labute approximate surface area is 213 Å². The average Bonchev–Trinajstić information content (AvgIpc) is 2.88. The molecule has 0 bridgehead atoms. The van der Waals surface area contributed by atoms with E-state index in [1.807, 2.05) is 18.2 Å². The van der Waals surface area contributed by atoms with Crippen LogP contribution in [-0.2, 0) is 15.8 Å². The first-order chi connectivity index (χ1) is 16.9. The zero-order valence-electron chi connectivity index (χ0n) is 21.8. The van der Waals surface area contributed by atoms with Gasteiger partial charge >= 0.3 is 0 Å². The zero-order valence-corrected chi connectivity index (χ0v) is 22.8. The maximum absolute atomic E-state index is 10.1. The molecule has 0 aromatic heterocycles. The van der Waals surface area contributed by atoms with Gasteiger partial charge in [0.25, 0.3) is 8.32 Å². The van der Waals surface area contributed by atoms with Crippen LogP contribution in [-0.4, -0.2) is 32.7 Å². The molecule has 0 saturated carbocycles. The number of hydrogen-bond donors (Lipinski definition) is 1. The van der Waals surface area contributed by atoms with Crippen molar-refractivity contribution in [1.82, 2.24) is 0 Å². The lowest BCUT2D eigenvalue weighted by molar-refractivity contribution is 0.0738. The van der Waals surface area contributed by atoms with Crippen LogP contribution in [0.25, 0.3) is 0 Å². The third kappa shape index (κ3) is 7.14. The standard InChI is InChI=1S/C31H42O3Si/c1-26(24-32)30(22-14-15-23-33-25-27-16-8-5-9-17-27)34-35(31(2,3)4,28-18-10-6-11-19-28)29-20-12-7-13-21-29/h5-13,16-21,26,30,32H,14-15,22-25H2,1-4H3/t26-,30-/m1/s1. The number of aliphatic hydroxyl groups is 1. The number of benzene rings is 3. The van der Waals surface area contributed by atoms with Crippen molar-refractivity contribution < 1.29 is 14.3 Å². The van der Waals surface area contributed by atoms with Gasteiger partial charge in [-0.05, 0) is 40.2 Å². The molecule has 0 fully saturated rings. The van der Waals surface area contributed by atoms with Gasteiger partial charge in [-0.2, -0.15) is 0 Å². The van der Waals surface area contributed by atoms with E-state index in [0.717, 1.165) is 25.9 Å². The maximum atomic E-state index is 10.1. The minimum absolute atomic E-state index is 0.0274. The number of rotatable bonds is 13. The van der Waals surface area contributed by atoms with E-state index >= 15 is 0 Å². The molecule has 0 unspecified atom stereocenters. The van der Waals surface area contributed by atoms with Crippen molar-refractivity contribution in [3.63, 3.8) is 0 Å². The fourth-order valence-electron chi connectivity index (χ4n) is 4.81. The Hall–Kier alpha value is -2.24. The summed E-state index contributed by atoms with van der Waals surface area (Å²) in [5.41, 5.74) is 1.20. The van der Waals surface area contributed by atoms with Crippen molar-refractivity contribution >= 4 is 18.7 Å². The quantitative estimate of drug-likeness (QED) is 0.238. The molecule has 0 amide bonds. The molecule has 188 valence electrons. The topological polar surface area (TPSA) is 38.7 Å². The minimum atomic E-state index is -2.65. The Bertz CT molecular complexity index is 931. The highest BCUT2D eigenvalue weighted by Gasteiger charge is 2.51. The number of unbranched alkanes of at least 4 members (excludes halogenated alkanes) is 1. The molecule has 0 heterocycles. The second-order valence-electron chi connectivity index (χ2n) is 10.5. The molecule has 1 N–H and O–H groups in total. The fourth-order valence-corrected chi connectivity index (χ4v) is 9.63. The highest BCUT2D eigenvalue weighted by Crippen LogP contribution is 2.38. The Morgan fingerprint density at radius 2 is 1.29 bits per heavy atom. The van der Waals surface area contributed by atoms with Gasteiger partial charge in [0.05, 0.1) is 12.7 Å². The van der Waals surface area contributed by atoms with Crippen molar-refractivity contribution in [2.75, 3.05) is 13.2 Å². The summed E-state index contributed by atoms with van der Waals surface area (Å²) in [5, 5.41) is 12.6. The van der Waals surface area contributed by atoms with Gasteiger partial charge < -0.3 is 14.3 Å². The molecule has 3 nitrogen and oxygen atoms in total. The third-order valence-electron chi connectivity index (χ3n) is 6.81. The van der Waals surface area contributed by atoms with Crippen LogP contribution in [0.15, 0.2) is 91.0 Å². The van der Waals surface area contributed by atoms with E-state index in [0.29, 0.717) is 6.61 Å². The third-order valence-corrected chi connectivity index (χ3v) is 11.9. The molecule has 3 aromatic carbocycles. The van der Waals surface area contributed by atoms with Crippen LogP contribution in [0.4, 0.5) is 0 Å². The lowest BCUT2D eigenvalue weighted by atomic mass is 10.0. The van der Waals surface area contributed by atoms with E-state index < -0.39 is 8.32 Å². The van der Waals surface area contributed by atoms with Gasteiger partial charge in [-0.25, -0.2) is 0 Å². The molecule has 0 radical (unpaired) electrons. The monoisotopic (exact) mass is 490 g/mol. The summed E-state index contributed by atoms with van der Waals surface area (Å²) in [5.74, 6) is 0.0573. The van der Waals surface area contributed by atoms with Crippen molar-refractivity contribution in [2.24, 2.45) is 5.92 Å². The Morgan fingerprint density at radius 3 is 1.77 bits per heavy atom. The van der Waals surface area contributed by atoms with Gasteiger partial charge in [0.15, 0.2) is 0 Å². The lowest BCUT2D eigenvalue weighted by Crippen LogP contribution is -2.68. The molecule has 3 rings (SSSR count). The van der Waals surface area contributed by atoms with Crippen molar-refractivity contribution in [3.8, 4) is 0 Å². The minimum Gasteiger partial charge on any atom is -0.404 e. The predicted molar refractivity (Wildman–Crippen MR) is 149 cm³/mol. The molecule has 2 atom stereocenters. The van der Waals surface area contributed by atoms with E-state index in [9.17, 15) is 5.11 Å². The first kappa shape index (κ1) is 27.3. The largest absolute Gasteiger partial charge is 0.404 e. The van der Waals surface area contributed by atoms with Crippen molar-refractivity contribution in [2.45, 2.75) is 64.7 Å². The van der Waals surface area contributed by atoms with E-state index in [4.69, 9.17) is 9.16 Å². The highest BCUT2D eigenvalue weighted by molar-refractivity contribution is 6.99. The molecule has 0 aliphatic rings. The summed E-state index contributed by atoms with van der Waals surface area (Å²) >= 11 is 0. The van der Waals surface area contributed by atoms with Crippen LogP contribution < -0.4 is 10.4 Å². The number of hydrogen-bond acceptors (Lipinski definition) is 3. The van der Waals surface area contributed by atoms with Gasteiger partial charge in [-0.15, -0.1) is 0 Å².